The molecule has 1 aromatic heterocycles. The van der Waals surface area contributed by atoms with Crippen molar-refractivity contribution in [2.24, 2.45) is 5.92 Å². The van der Waals surface area contributed by atoms with Gasteiger partial charge in [-0.15, -0.1) is 0 Å². The summed E-state index contributed by atoms with van der Waals surface area (Å²) < 4.78 is 10.1. The molecule has 0 aliphatic carbocycles. The molecule has 0 N–H and O–H groups in total. The van der Waals surface area contributed by atoms with Gasteiger partial charge in [0.05, 0.1) is 24.3 Å². The molecule has 0 saturated carbocycles. The minimum atomic E-state index is -0.384. The van der Waals surface area contributed by atoms with E-state index in [2.05, 4.69) is 4.98 Å². The fourth-order valence-corrected chi connectivity index (χ4v) is 2.47. The van der Waals surface area contributed by atoms with E-state index in [1.54, 1.807) is 17.9 Å². The number of carbonyl (C=O) groups excluding carboxylic acids is 2. The van der Waals surface area contributed by atoms with Gasteiger partial charge in [0.2, 0.25) is 0 Å². The van der Waals surface area contributed by atoms with E-state index in [1.807, 2.05) is 26.8 Å². The molecule has 0 fully saturated rings. The highest BCUT2D eigenvalue weighted by molar-refractivity contribution is 5.95. The van der Waals surface area contributed by atoms with Crippen LogP contribution in [0.25, 0.3) is 0 Å². The van der Waals surface area contributed by atoms with E-state index in [0.717, 1.165) is 5.69 Å². The summed E-state index contributed by atoms with van der Waals surface area (Å²) in [4.78, 5) is 30.6. The highest BCUT2D eigenvalue weighted by atomic mass is 16.5. The van der Waals surface area contributed by atoms with Gasteiger partial charge in [0.25, 0.3) is 5.91 Å². The smallest absolute Gasteiger partial charge is 0.310 e. The predicted octanol–water partition coefficient (Wildman–Crippen LogP) is 2.38. The largest absolute Gasteiger partial charge is 0.469 e. The summed E-state index contributed by atoms with van der Waals surface area (Å²) in [6.07, 6.45) is 0.714. The van der Waals surface area contributed by atoms with Crippen LogP contribution in [-0.4, -0.2) is 55.2 Å². The monoisotopic (exact) mass is 336 g/mol. The minimum Gasteiger partial charge on any atom is -0.469 e. The van der Waals surface area contributed by atoms with E-state index in [1.165, 1.54) is 7.11 Å². The van der Waals surface area contributed by atoms with Gasteiger partial charge in [0, 0.05) is 32.0 Å². The second-order valence-corrected chi connectivity index (χ2v) is 5.81. The third kappa shape index (κ3) is 5.92. The second-order valence-electron chi connectivity index (χ2n) is 5.81. The van der Waals surface area contributed by atoms with Crippen molar-refractivity contribution in [2.75, 3.05) is 33.4 Å². The van der Waals surface area contributed by atoms with Crippen molar-refractivity contribution in [1.29, 1.82) is 0 Å². The van der Waals surface area contributed by atoms with E-state index in [-0.39, 0.29) is 17.8 Å². The zero-order valence-electron chi connectivity index (χ0n) is 15.3. The number of nitrogens with zero attached hydrogens (tertiary/aromatic N) is 2. The van der Waals surface area contributed by atoms with Crippen LogP contribution in [0, 0.1) is 19.8 Å². The van der Waals surface area contributed by atoms with Gasteiger partial charge in [0.1, 0.15) is 0 Å². The Balaban J connectivity index is 2.88. The third-order valence-electron chi connectivity index (χ3n) is 3.76. The maximum Gasteiger partial charge on any atom is 0.310 e. The maximum absolute atomic E-state index is 12.9. The summed E-state index contributed by atoms with van der Waals surface area (Å²) in [7, 11) is 1.36. The fraction of sp³-hybridized carbons (Fsp3) is 0.611. The summed E-state index contributed by atoms with van der Waals surface area (Å²) in [6, 6.07) is 3.61. The first-order valence-corrected chi connectivity index (χ1v) is 8.29. The molecule has 1 amide bonds. The summed E-state index contributed by atoms with van der Waals surface area (Å²) in [5.41, 5.74) is 2.13. The van der Waals surface area contributed by atoms with Gasteiger partial charge >= 0.3 is 5.97 Å². The molecule has 1 heterocycles. The quantitative estimate of drug-likeness (QED) is 0.511. The molecule has 1 aromatic rings. The molecule has 6 heteroatoms. The number of amides is 1. The number of hydrogen-bond acceptors (Lipinski definition) is 5. The Morgan fingerprint density at radius 1 is 1.29 bits per heavy atom. The van der Waals surface area contributed by atoms with E-state index < -0.39 is 0 Å². The van der Waals surface area contributed by atoms with Crippen molar-refractivity contribution in [3.8, 4) is 0 Å². The van der Waals surface area contributed by atoms with Crippen LogP contribution in [0.3, 0.4) is 0 Å². The fourth-order valence-electron chi connectivity index (χ4n) is 2.47. The van der Waals surface area contributed by atoms with E-state index in [4.69, 9.17) is 9.47 Å². The first-order chi connectivity index (χ1) is 11.4. The van der Waals surface area contributed by atoms with Crippen LogP contribution in [0.2, 0.25) is 0 Å². The Hall–Kier alpha value is -1.95. The molecule has 1 atom stereocenters. The Morgan fingerprint density at radius 3 is 2.58 bits per heavy atom. The number of aryl methyl sites for hydroxylation is 2. The maximum atomic E-state index is 12.9. The average Bonchev–Trinajstić information content (AvgIpc) is 2.56. The molecule has 1 rings (SSSR count). The van der Waals surface area contributed by atoms with Crippen LogP contribution >= 0.6 is 0 Å². The molecule has 134 valence electrons. The molecule has 0 spiro atoms. The number of pyridine rings is 1. The normalized spacial score (nSPS) is 11.9. The first-order valence-electron chi connectivity index (χ1n) is 8.29. The molecular weight excluding hydrogens is 308 g/mol. The van der Waals surface area contributed by atoms with Crippen LogP contribution in [-0.2, 0) is 14.3 Å². The highest BCUT2D eigenvalue weighted by Crippen LogP contribution is 2.13. The summed E-state index contributed by atoms with van der Waals surface area (Å²) >= 11 is 0. The highest BCUT2D eigenvalue weighted by Gasteiger charge is 2.23. The number of hydrogen-bond donors (Lipinski definition) is 0. The van der Waals surface area contributed by atoms with E-state index >= 15 is 0 Å². The molecule has 0 bridgehead atoms. The van der Waals surface area contributed by atoms with Crippen LogP contribution in [0.15, 0.2) is 12.1 Å². The van der Waals surface area contributed by atoms with Gasteiger partial charge in [-0.05, 0) is 39.3 Å². The van der Waals surface area contributed by atoms with Gasteiger partial charge in [-0.3, -0.25) is 14.6 Å². The Kier molecular flexibility index (Phi) is 8.40. The molecule has 0 aliphatic rings. The molecule has 0 radical (unpaired) electrons. The predicted molar refractivity (Wildman–Crippen MR) is 91.9 cm³/mol. The van der Waals surface area contributed by atoms with Crippen molar-refractivity contribution in [3.63, 3.8) is 0 Å². The molecule has 24 heavy (non-hydrogen) atoms. The summed E-state index contributed by atoms with van der Waals surface area (Å²) in [5, 5.41) is 0. The number of aromatic nitrogens is 1. The molecular formula is C18H28N2O4. The van der Waals surface area contributed by atoms with Gasteiger partial charge < -0.3 is 14.4 Å². The number of methoxy groups -OCH3 is 1. The first kappa shape index (κ1) is 20.1. The standard InChI is InChI=1S/C18H28N2O4/c1-6-24-11-7-10-20(12-13(2)18(22)23-5)17(21)16-9-8-14(3)19-15(16)4/h8-9,13H,6-7,10-12H2,1-5H3/t13-/m0/s1. The zero-order valence-corrected chi connectivity index (χ0v) is 15.3. The number of rotatable bonds is 9. The molecule has 0 saturated heterocycles. The van der Waals surface area contributed by atoms with Gasteiger partial charge in [0.15, 0.2) is 0 Å². The van der Waals surface area contributed by atoms with Gasteiger partial charge in [-0.25, -0.2) is 0 Å². The SMILES string of the molecule is CCOCCCN(C[C@H](C)C(=O)OC)C(=O)c1ccc(C)nc1C. The molecule has 0 unspecified atom stereocenters. The van der Waals surface area contributed by atoms with Crippen molar-refractivity contribution in [3.05, 3.63) is 29.1 Å². The molecule has 6 nitrogen and oxygen atoms in total. The molecule has 0 aromatic carbocycles. The minimum absolute atomic E-state index is 0.118. The lowest BCUT2D eigenvalue weighted by Crippen LogP contribution is -2.38. The van der Waals surface area contributed by atoms with Crippen molar-refractivity contribution >= 4 is 11.9 Å². The lowest BCUT2D eigenvalue weighted by Gasteiger charge is -2.25. The number of ether oxygens (including phenoxy) is 2. The van der Waals surface area contributed by atoms with Crippen molar-refractivity contribution in [1.82, 2.24) is 9.88 Å². The topological polar surface area (TPSA) is 68.7 Å². The second kappa shape index (κ2) is 10.0. The lowest BCUT2D eigenvalue weighted by molar-refractivity contribution is -0.145. The van der Waals surface area contributed by atoms with Crippen LogP contribution in [0.5, 0.6) is 0 Å². The lowest BCUT2D eigenvalue weighted by atomic mass is 10.1. The van der Waals surface area contributed by atoms with Crippen LogP contribution < -0.4 is 0 Å². The Morgan fingerprint density at radius 2 is 2.00 bits per heavy atom. The summed E-state index contributed by atoms with van der Waals surface area (Å²) in [5.74, 6) is -0.826. The van der Waals surface area contributed by atoms with E-state index in [9.17, 15) is 9.59 Å². The number of carbonyl (C=O) groups is 2. The summed E-state index contributed by atoms with van der Waals surface area (Å²) in [6.45, 7) is 9.46. The third-order valence-corrected chi connectivity index (χ3v) is 3.76. The van der Waals surface area contributed by atoms with Crippen molar-refractivity contribution < 1.29 is 19.1 Å². The van der Waals surface area contributed by atoms with Crippen LogP contribution in [0.1, 0.15) is 42.0 Å². The van der Waals surface area contributed by atoms with Crippen molar-refractivity contribution in [2.45, 2.75) is 34.1 Å². The number of esters is 1. The Labute approximate surface area is 144 Å². The average molecular weight is 336 g/mol. The Bertz CT molecular complexity index is 560. The molecule has 0 aliphatic heterocycles. The zero-order chi connectivity index (χ0) is 18.1. The van der Waals surface area contributed by atoms with Gasteiger partial charge in [-0.2, -0.15) is 0 Å². The van der Waals surface area contributed by atoms with Crippen LogP contribution in [0.4, 0.5) is 0 Å². The van der Waals surface area contributed by atoms with Gasteiger partial charge in [-0.1, -0.05) is 6.92 Å². The van der Waals surface area contributed by atoms with E-state index in [0.29, 0.717) is 44.0 Å².